The number of esters is 1. The van der Waals surface area contributed by atoms with Crippen LogP contribution in [0.25, 0.3) is 5.76 Å². The quantitative estimate of drug-likeness (QED) is 0.0644. The lowest BCUT2D eigenvalue weighted by Crippen LogP contribution is -2.29. The van der Waals surface area contributed by atoms with E-state index in [1.807, 2.05) is 38.1 Å². The van der Waals surface area contributed by atoms with Gasteiger partial charge in [0.25, 0.3) is 5.78 Å². The maximum absolute atomic E-state index is 13.6. The number of ether oxygens (including phenoxy) is 3. The van der Waals surface area contributed by atoms with Gasteiger partial charge >= 0.3 is 11.9 Å². The molecule has 0 radical (unpaired) electrons. The highest BCUT2D eigenvalue weighted by molar-refractivity contribution is 7.17. The smallest absolute Gasteiger partial charge is 0.350 e. The van der Waals surface area contributed by atoms with Gasteiger partial charge in [0.2, 0.25) is 0 Å². The van der Waals surface area contributed by atoms with Crippen molar-refractivity contribution in [2.75, 3.05) is 18.1 Å². The Bertz CT molecular complexity index is 1770. The predicted molar refractivity (Wildman–Crippen MR) is 172 cm³/mol. The summed E-state index contributed by atoms with van der Waals surface area (Å²) in [5.74, 6) is -1.54. The van der Waals surface area contributed by atoms with E-state index in [0.29, 0.717) is 41.5 Å². The van der Waals surface area contributed by atoms with Crippen molar-refractivity contribution in [3.8, 4) is 11.5 Å². The number of rotatable bonds is 11. The third-order valence-electron chi connectivity index (χ3n) is 7.24. The van der Waals surface area contributed by atoms with Crippen LogP contribution in [-0.4, -0.2) is 41.0 Å². The zero-order valence-electron chi connectivity index (χ0n) is 25.1. The van der Waals surface area contributed by atoms with E-state index in [1.165, 1.54) is 11.0 Å². The summed E-state index contributed by atoms with van der Waals surface area (Å²) in [6.07, 6.45) is 1.45. The lowest BCUT2D eigenvalue weighted by molar-refractivity contribution is -0.132. The van der Waals surface area contributed by atoms with Crippen molar-refractivity contribution in [3.05, 3.63) is 124 Å². The third-order valence-corrected chi connectivity index (χ3v) is 8.38. The standard InChI is InChI=1S/C35H32N2O7S/c1-5-19-43-34(41)32-22(4)36-35(45-32)37-29(23-11-15-26(16-12-23)42-6-2)28(31(39)33(37)40)30(38)24-13-17-27(18-14-24)44-20-25-10-8-7-9-21(25)3/h5,7-18,29,38H,1,6,19-20H2,2-4H3. The molecule has 45 heavy (non-hydrogen) atoms. The highest BCUT2D eigenvalue weighted by Gasteiger charge is 2.48. The minimum Gasteiger partial charge on any atom is -0.507 e. The molecule has 0 bridgehead atoms. The third kappa shape index (κ3) is 6.51. The number of carbonyl (C=O) groups is 3. The lowest BCUT2D eigenvalue weighted by Gasteiger charge is -2.23. The van der Waals surface area contributed by atoms with E-state index >= 15 is 0 Å². The molecule has 230 valence electrons. The molecule has 0 aliphatic carbocycles. The summed E-state index contributed by atoms with van der Waals surface area (Å²) in [6.45, 7) is 9.90. The number of thiazole rings is 1. The monoisotopic (exact) mass is 624 g/mol. The number of aryl methyl sites for hydroxylation is 2. The van der Waals surface area contributed by atoms with Gasteiger partial charge in [-0.1, -0.05) is 60.4 Å². The second kappa shape index (κ2) is 13.6. The highest BCUT2D eigenvalue weighted by atomic mass is 32.1. The minimum atomic E-state index is -1.03. The van der Waals surface area contributed by atoms with Crippen molar-refractivity contribution in [1.29, 1.82) is 0 Å². The van der Waals surface area contributed by atoms with Crippen LogP contribution in [0, 0.1) is 13.8 Å². The van der Waals surface area contributed by atoms with Crippen LogP contribution in [0.3, 0.4) is 0 Å². The number of amides is 1. The summed E-state index contributed by atoms with van der Waals surface area (Å²) in [5, 5.41) is 11.7. The SMILES string of the molecule is C=CCOC(=O)c1sc(N2C(=O)C(=O)C(=C(O)c3ccc(OCc4ccccc4C)cc3)C2c2ccc(OCC)cc2)nc1C. The summed E-state index contributed by atoms with van der Waals surface area (Å²) in [4.78, 5) is 45.7. The molecule has 2 heterocycles. The Balaban J connectivity index is 1.52. The fourth-order valence-electron chi connectivity index (χ4n) is 4.93. The Morgan fingerprint density at radius 2 is 1.67 bits per heavy atom. The summed E-state index contributed by atoms with van der Waals surface area (Å²) >= 11 is 0.934. The minimum absolute atomic E-state index is 0.0118. The largest absolute Gasteiger partial charge is 0.507 e. The van der Waals surface area contributed by atoms with E-state index in [9.17, 15) is 19.5 Å². The highest BCUT2D eigenvalue weighted by Crippen LogP contribution is 2.44. The Morgan fingerprint density at radius 1 is 1.00 bits per heavy atom. The first-order chi connectivity index (χ1) is 21.7. The maximum atomic E-state index is 13.6. The molecule has 1 saturated heterocycles. The number of aliphatic hydroxyl groups excluding tert-OH is 1. The van der Waals surface area contributed by atoms with Gasteiger partial charge in [0.1, 0.15) is 35.3 Å². The summed E-state index contributed by atoms with van der Waals surface area (Å²) in [7, 11) is 0. The van der Waals surface area contributed by atoms with Gasteiger partial charge in [0.05, 0.1) is 23.9 Å². The van der Waals surface area contributed by atoms with Gasteiger partial charge in [0, 0.05) is 5.56 Å². The molecule has 1 aliphatic rings. The Morgan fingerprint density at radius 3 is 2.33 bits per heavy atom. The van der Waals surface area contributed by atoms with Crippen molar-refractivity contribution in [3.63, 3.8) is 0 Å². The number of aliphatic hydroxyl groups is 1. The molecule has 3 aromatic carbocycles. The van der Waals surface area contributed by atoms with E-state index in [1.54, 1.807) is 55.5 Å². The van der Waals surface area contributed by atoms with Gasteiger partial charge in [-0.15, -0.1) is 0 Å². The van der Waals surface area contributed by atoms with Crippen LogP contribution in [0.1, 0.15) is 50.6 Å². The first kappa shape index (κ1) is 31.2. The van der Waals surface area contributed by atoms with Crippen LogP contribution in [0.15, 0.2) is 91.0 Å². The number of aromatic nitrogens is 1. The van der Waals surface area contributed by atoms with Crippen LogP contribution in [0.5, 0.6) is 11.5 Å². The molecule has 0 saturated carbocycles. The molecule has 5 rings (SSSR count). The molecule has 1 aromatic heterocycles. The molecule has 4 aromatic rings. The Labute approximate surface area is 265 Å². The van der Waals surface area contributed by atoms with Gasteiger partial charge in [-0.3, -0.25) is 14.5 Å². The summed E-state index contributed by atoms with van der Waals surface area (Å²) in [6, 6.07) is 20.5. The van der Waals surface area contributed by atoms with Crippen LogP contribution >= 0.6 is 11.3 Å². The maximum Gasteiger partial charge on any atom is 0.350 e. The molecule has 1 aliphatic heterocycles. The molecular weight excluding hydrogens is 592 g/mol. The second-order valence-corrected chi connectivity index (χ2v) is 11.2. The second-order valence-electron chi connectivity index (χ2n) is 10.2. The number of ketones is 1. The molecule has 1 N–H and O–H groups in total. The van der Waals surface area contributed by atoms with E-state index in [2.05, 4.69) is 11.6 Å². The number of Topliss-reactive ketones (excluding diaryl/α,β-unsaturated/α-hetero) is 1. The average Bonchev–Trinajstić information content (AvgIpc) is 3.56. The van der Waals surface area contributed by atoms with Gasteiger partial charge < -0.3 is 19.3 Å². The van der Waals surface area contributed by atoms with E-state index in [4.69, 9.17) is 14.2 Å². The van der Waals surface area contributed by atoms with Crippen LogP contribution in [0.2, 0.25) is 0 Å². The molecule has 1 amide bonds. The van der Waals surface area contributed by atoms with Gasteiger partial charge in [0.15, 0.2) is 5.13 Å². The van der Waals surface area contributed by atoms with Crippen molar-refractivity contribution in [2.24, 2.45) is 0 Å². The molecule has 0 spiro atoms. The summed E-state index contributed by atoms with van der Waals surface area (Å²) in [5.41, 5.74) is 3.27. The fourth-order valence-corrected chi connectivity index (χ4v) is 5.92. The first-order valence-electron chi connectivity index (χ1n) is 14.3. The zero-order chi connectivity index (χ0) is 32.1. The van der Waals surface area contributed by atoms with E-state index in [-0.39, 0.29) is 27.9 Å². The van der Waals surface area contributed by atoms with E-state index < -0.39 is 23.7 Å². The fraction of sp³-hybridized carbons (Fsp3) is 0.200. The lowest BCUT2D eigenvalue weighted by atomic mass is 9.95. The van der Waals surface area contributed by atoms with Crippen molar-refractivity contribution in [1.82, 2.24) is 4.98 Å². The topological polar surface area (TPSA) is 115 Å². The molecule has 9 nitrogen and oxygen atoms in total. The number of benzene rings is 3. The number of hydrogen-bond donors (Lipinski definition) is 1. The summed E-state index contributed by atoms with van der Waals surface area (Å²) < 4.78 is 16.7. The predicted octanol–water partition coefficient (Wildman–Crippen LogP) is 6.71. The number of hydrogen-bond acceptors (Lipinski definition) is 9. The van der Waals surface area contributed by atoms with Gasteiger partial charge in [-0.2, -0.15) is 0 Å². The number of nitrogens with zero attached hydrogens (tertiary/aromatic N) is 2. The first-order valence-corrected chi connectivity index (χ1v) is 15.1. The molecule has 1 unspecified atom stereocenters. The van der Waals surface area contributed by atoms with Crippen molar-refractivity contribution >= 4 is 39.9 Å². The van der Waals surface area contributed by atoms with Gasteiger partial charge in [-0.25, -0.2) is 9.78 Å². The Hall–Kier alpha value is -5.22. The molecular formula is C35H32N2O7S. The van der Waals surface area contributed by atoms with Crippen LogP contribution in [0.4, 0.5) is 5.13 Å². The normalized spacial score (nSPS) is 15.6. The van der Waals surface area contributed by atoms with E-state index in [0.717, 1.165) is 22.5 Å². The number of carbonyl (C=O) groups excluding carboxylic acids is 3. The van der Waals surface area contributed by atoms with Crippen molar-refractivity contribution in [2.45, 2.75) is 33.4 Å². The molecule has 1 fully saturated rings. The van der Waals surface area contributed by atoms with Crippen molar-refractivity contribution < 1.29 is 33.7 Å². The number of anilines is 1. The zero-order valence-corrected chi connectivity index (χ0v) is 25.9. The molecule has 1 atom stereocenters. The van der Waals surface area contributed by atoms with Crippen LogP contribution in [-0.2, 0) is 20.9 Å². The molecule has 10 heteroatoms. The van der Waals surface area contributed by atoms with Crippen LogP contribution < -0.4 is 14.4 Å². The van der Waals surface area contributed by atoms with Gasteiger partial charge in [-0.05, 0) is 73.9 Å². The Kier molecular flexibility index (Phi) is 9.44. The average molecular weight is 625 g/mol.